The Hall–Kier alpha value is -3.03. The summed E-state index contributed by atoms with van der Waals surface area (Å²) in [5.41, 5.74) is 0.116. The van der Waals surface area contributed by atoms with Gasteiger partial charge in [0.05, 0.1) is 5.56 Å². The van der Waals surface area contributed by atoms with Crippen LogP contribution < -0.4 is 0 Å². The van der Waals surface area contributed by atoms with Gasteiger partial charge in [0.25, 0.3) is 5.79 Å². The summed E-state index contributed by atoms with van der Waals surface area (Å²) in [5, 5.41) is 0. The highest BCUT2D eigenvalue weighted by atomic mass is 19.4. The van der Waals surface area contributed by atoms with Crippen LogP contribution in [0.1, 0.15) is 43.4 Å². The van der Waals surface area contributed by atoms with Crippen LogP contribution in [-0.2, 0) is 25.2 Å². The van der Waals surface area contributed by atoms with Gasteiger partial charge >= 0.3 is 18.1 Å². The third-order valence-corrected chi connectivity index (χ3v) is 5.12. The molecule has 1 saturated heterocycles. The van der Waals surface area contributed by atoms with Gasteiger partial charge in [-0.05, 0) is 48.7 Å². The standard InChI is InChI=1S/C21H18F3NO4/c22-21(23,24)14-6-4-5-13(11-14)17-8-7-15(25-17)12-16-18(26)28-20(29-19(16)27)9-2-1-3-10-20/h4-8,11-12,25H,1-3,9-10H2. The van der Waals surface area contributed by atoms with Gasteiger partial charge in [-0.3, -0.25) is 0 Å². The Morgan fingerprint density at radius 2 is 1.66 bits per heavy atom. The molecule has 1 aliphatic carbocycles. The zero-order valence-electron chi connectivity index (χ0n) is 15.3. The molecule has 2 aromatic rings. The van der Waals surface area contributed by atoms with Gasteiger partial charge in [-0.15, -0.1) is 0 Å². The van der Waals surface area contributed by atoms with Crippen molar-refractivity contribution in [3.8, 4) is 11.3 Å². The lowest BCUT2D eigenvalue weighted by atomic mass is 9.93. The van der Waals surface area contributed by atoms with E-state index < -0.39 is 29.5 Å². The number of carbonyl (C=O) groups excluding carboxylic acids is 2. The van der Waals surface area contributed by atoms with E-state index in [1.807, 2.05) is 0 Å². The van der Waals surface area contributed by atoms with E-state index in [4.69, 9.17) is 9.47 Å². The minimum Gasteiger partial charge on any atom is -0.419 e. The molecule has 2 fully saturated rings. The molecule has 2 aliphatic rings. The number of benzene rings is 1. The number of aromatic nitrogens is 1. The topological polar surface area (TPSA) is 68.4 Å². The summed E-state index contributed by atoms with van der Waals surface area (Å²) in [7, 11) is 0. The van der Waals surface area contributed by atoms with Gasteiger partial charge in [0.1, 0.15) is 5.57 Å². The smallest absolute Gasteiger partial charge is 0.416 e. The summed E-state index contributed by atoms with van der Waals surface area (Å²) in [6.07, 6.45) is 0.447. The highest BCUT2D eigenvalue weighted by Crippen LogP contribution is 2.37. The molecule has 2 heterocycles. The van der Waals surface area contributed by atoms with Crippen LogP contribution in [-0.4, -0.2) is 22.7 Å². The van der Waals surface area contributed by atoms with Crippen molar-refractivity contribution >= 4 is 18.0 Å². The minimum atomic E-state index is -4.45. The second-order valence-corrected chi connectivity index (χ2v) is 7.21. The van der Waals surface area contributed by atoms with Gasteiger partial charge in [0.15, 0.2) is 0 Å². The Labute approximate surface area is 164 Å². The van der Waals surface area contributed by atoms with Crippen molar-refractivity contribution in [1.29, 1.82) is 0 Å². The summed E-state index contributed by atoms with van der Waals surface area (Å²) in [5.74, 6) is -2.67. The number of esters is 2. The molecule has 29 heavy (non-hydrogen) atoms. The number of carbonyl (C=O) groups is 2. The van der Waals surface area contributed by atoms with E-state index in [-0.39, 0.29) is 5.57 Å². The molecule has 1 aromatic carbocycles. The molecular formula is C21H18F3NO4. The van der Waals surface area contributed by atoms with Crippen LogP contribution >= 0.6 is 0 Å². The van der Waals surface area contributed by atoms with Gasteiger partial charge in [0.2, 0.25) is 0 Å². The third-order valence-electron chi connectivity index (χ3n) is 5.12. The van der Waals surface area contributed by atoms with E-state index in [1.165, 1.54) is 18.2 Å². The zero-order chi connectivity index (χ0) is 20.6. The molecule has 0 atom stereocenters. The molecule has 0 unspecified atom stereocenters. The van der Waals surface area contributed by atoms with Gasteiger partial charge in [-0.1, -0.05) is 18.6 Å². The summed E-state index contributed by atoms with van der Waals surface area (Å²) >= 11 is 0. The van der Waals surface area contributed by atoms with E-state index in [0.717, 1.165) is 31.4 Å². The van der Waals surface area contributed by atoms with Crippen molar-refractivity contribution in [2.75, 3.05) is 0 Å². The second kappa shape index (κ2) is 7.09. The Kier molecular flexibility index (Phi) is 4.72. The van der Waals surface area contributed by atoms with Crippen LogP contribution in [0.25, 0.3) is 17.3 Å². The molecular weight excluding hydrogens is 387 g/mol. The normalized spacial score (nSPS) is 19.1. The van der Waals surface area contributed by atoms with Crippen LogP contribution in [0.3, 0.4) is 0 Å². The average Bonchev–Trinajstić information content (AvgIpc) is 3.14. The molecule has 152 valence electrons. The number of ether oxygens (including phenoxy) is 2. The fourth-order valence-electron chi connectivity index (χ4n) is 3.65. The van der Waals surface area contributed by atoms with Gasteiger partial charge in [-0.2, -0.15) is 13.2 Å². The first-order valence-electron chi connectivity index (χ1n) is 9.31. The fourth-order valence-corrected chi connectivity index (χ4v) is 3.65. The number of hydrogen-bond acceptors (Lipinski definition) is 4. The number of hydrogen-bond donors (Lipinski definition) is 1. The predicted molar refractivity (Wildman–Crippen MR) is 97.2 cm³/mol. The number of H-pyrrole nitrogens is 1. The maximum atomic E-state index is 12.9. The first-order chi connectivity index (χ1) is 13.8. The second-order valence-electron chi connectivity index (χ2n) is 7.21. The fraction of sp³-hybridized carbons (Fsp3) is 0.333. The number of aromatic amines is 1. The first-order valence-corrected chi connectivity index (χ1v) is 9.31. The molecule has 0 bridgehead atoms. The number of halogens is 3. The largest absolute Gasteiger partial charge is 0.419 e. The Morgan fingerprint density at radius 1 is 0.966 bits per heavy atom. The first kappa shape index (κ1) is 19.3. The van der Waals surface area contributed by atoms with Crippen LogP contribution in [0.15, 0.2) is 42.0 Å². The number of nitrogens with one attached hydrogen (secondary N) is 1. The van der Waals surface area contributed by atoms with E-state index in [9.17, 15) is 22.8 Å². The molecule has 0 amide bonds. The maximum absolute atomic E-state index is 12.9. The van der Waals surface area contributed by atoms with Crippen LogP contribution in [0.4, 0.5) is 13.2 Å². The molecule has 1 saturated carbocycles. The lowest BCUT2D eigenvalue weighted by molar-refractivity contribution is -0.244. The maximum Gasteiger partial charge on any atom is 0.416 e. The SMILES string of the molecule is O=C1OC2(CCCCC2)OC(=O)C1=Cc1ccc(-c2cccc(C(F)(F)F)c2)[nH]1. The number of alkyl halides is 3. The van der Waals surface area contributed by atoms with E-state index in [2.05, 4.69) is 4.98 Å². The number of rotatable bonds is 2. The Morgan fingerprint density at radius 3 is 2.31 bits per heavy atom. The third kappa shape index (κ3) is 3.92. The van der Waals surface area contributed by atoms with Crippen molar-refractivity contribution < 1.29 is 32.2 Å². The van der Waals surface area contributed by atoms with E-state index in [1.54, 1.807) is 12.1 Å². The summed E-state index contributed by atoms with van der Waals surface area (Å²) < 4.78 is 49.6. The van der Waals surface area contributed by atoms with Crippen molar-refractivity contribution in [1.82, 2.24) is 4.98 Å². The van der Waals surface area contributed by atoms with Crippen LogP contribution in [0, 0.1) is 0 Å². The Balaban J connectivity index is 1.57. The lowest BCUT2D eigenvalue weighted by Gasteiger charge is -2.38. The molecule has 0 radical (unpaired) electrons. The van der Waals surface area contributed by atoms with E-state index in [0.29, 0.717) is 29.8 Å². The van der Waals surface area contributed by atoms with Crippen LogP contribution in [0.2, 0.25) is 0 Å². The molecule has 5 nitrogen and oxygen atoms in total. The summed E-state index contributed by atoms with van der Waals surface area (Å²) in [4.78, 5) is 27.7. The molecule has 1 spiro atoms. The summed E-state index contributed by atoms with van der Waals surface area (Å²) in [6.45, 7) is 0. The van der Waals surface area contributed by atoms with Gasteiger partial charge < -0.3 is 14.5 Å². The van der Waals surface area contributed by atoms with E-state index >= 15 is 0 Å². The molecule has 1 N–H and O–H groups in total. The molecule has 1 aliphatic heterocycles. The molecule has 4 rings (SSSR count). The van der Waals surface area contributed by atoms with Crippen molar-refractivity contribution in [2.45, 2.75) is 44.1 Å². The van der Waals surface area contributed by atoms with Crippen molar-refractivity contribution in [2.24, 2.45) is 0 Å². The van der Waals surface area contributed by atoms with Gasteiger partial charge in [0, 0.05) is 24.2 Å². The van der Waals surface area contributed by atoms with Crippen molar-refractivity contribution in [3.05, 3.63) is 53.2 Å². The average molecular weight is 405 g/mol. The quantitative estimate of drug-likeness (QED) is 0.441. The molecule has 1 aromatic heterocycles. The highest BCUT2D eigenvalue weighted by Gasteiger charge is 2.46. The lowest BCUT2D eigenvalue weighted by Crippen LogP contribution is -2.47. The zero-order valence-corrected chi connectivity index (χ0v) is 15.3. The Bertz CT molecular complexity index is 962. The minimum absolute atomic E-state index is 0.251. The van der Waals surface area contributed by atoms with Gasteiger partial charge in [-0.25, -0.2) is 9.59 Å². The highest BCUT2D eigenvalue weighted by molar-refractivity contribution is 6.18. The van der Waals surface area contributed by atoms with Crippen LogP contribution in [0.5, 0.6) is 0 Å². The predicted octanol–water partition coefficient (Wildman–Crippen LogP) is 4.84. The van der Waals surface area contributed by atoms with Crippen molar-refractivity contribution in [3.63, 3.8) is 0 Å². The monoisotopic (exact) mass is 405 g/mol. The molecule has 8 heteroatoms. The summed E-state index contributed by atoms with van der Waals surface area (Å²) in [6, 6.07) is 8.01.